The first-order valence-electron chi connectivity index (χ1n) is 15.9. The number of rotatable bonds is 16. The van der Waals surface area contributed by atoms with Gasteiger partial charge in [0.05, 0.1) is 12.7 Å². The van der Waals surface area contributed by atoms with Gasteiger partial charge in [-0.3, -0.25) is 23.8 Å². The van der Waals surface area contributed by atoms with Crippen LogP contribution in [0.15, 0.2) is 60.9 Å². The number of aryl methyl sites for hydroxylation is 1. The number of hydrogen-bond donors (Lipinski definition) is 4. The minimum absolute atomic E-state index is 0.0878. The van der Waals surface area contributed by atoms with Crippen LogP contribution >= 0.6 is 16.3 Å². The summed E-state index contributed by atoms with van der Waals surface area (Å²) in [6.07, 6.45) is 7.03. The molecule has 4 N–H and O–H groups in total. The molecular formula is C32H41N5O9P2. The van der Waals surface area contributed by atoms with Crippen molar-refractivity contribution in [1.82, 2.24) is 19.3 Å². The van der Waals surface area contributed by atoms with E-state index in [-0.39, 0.29) is 24.9 Å². The van der Waals surface area contributed by atoms with Gasteiger partial charge in [-0.05, 0) is 74.4 Å². The topological polar surface area (TPSA) is 179 Å². The number of fused-ring (bicyclic) bond motifs is 2. The fraction of sp³-hybridized carbons (Fsp3) is 0.469. The van der Waals surface area contributed by atoms with Gasteiger partial charge >= 0.3 is 22.3 Å². The highest BCUT2D eigenvalue weighted by Crippen LogP contribution is 2.57. The Morgan fingerprint density at radius 2 is 1.94 bits per heavy atom. The summed E-state index contributed by atoms with van der Waals surface area (Å²) in [6.45, 7) is 1.25. The monoisotopic (exact) mass is 701 g/mol. The molecule has 0 amide bonds. The van der Waals surface area contributed by atoms with Crippen molar-refractivity contribution in [3.05, 3.63) is 72.1 Å². The highest BCUT2D eigenvalue weighted by atomic mass is 31.2. The van der Waals surface area contributed by atoms with Crippen LogP contribution in [0.3, 0.4) is 0 Å². The SMILES string of the molecule is COC(CCc1ccc2c(=N)n(COP(O)O)cnn12)COP(=O)(N[C@@H](C)C(=O)OC1CC2(CCC2)C1)Oc1cccc2ccccc12. The molecule has 16 heteroatoms. The smallest absolute Gasteiger partial charge is 0.459 e. The lowest BCUT2D eigenvalue weighted by atomic mass is 9.55. The van der Waals surface area contributed by atoms with E-state index in [1.807, 2.05) is 36.4 Å². The Bertz CT molecular complexity index is 1850. The first-order valence-corrected chi connectivity index (χ1v) is 18.6. The molecule has 2 fully saturated rings. The second kappa shape index (κ2) is 14.7. The number of nitrogens with one attached hydrogen (secondary N) is 2. The molecule has 2 aliphatic carbocycles. The maximum atomic E-state index is 14.4. The molecule has 2 aromatic carbocycles. The van der Waals surface area contributed by atoms with Crippen molar-refractivity contribution < 1.29 is 42.2 Å². The molecule has 0 saturated heterocycles. The molecule has 2 aromatic heterocycles. The minimum Gasteiger partial charge on any atom is -0.461 e. The second-order valence-corrected chi connectivity index (χ2v) is 15.0. The summed E-state index contributed by atoms with van der Waals surface area (Å²) >= 11 is 0. The van der Waals surface area contributed by atoms with Crippen LogP contribution in [0.25, 0.3) is 16.3 Å². The van der Waals surface area contributed by atoms with Crippen LogP contribution in [0.1, 0.15) is 51.1 Å². The fourth-order valence-corrected chi connectivity index (χ4v) is 8.16. The number of carbonyl (C=O) groups is 1. The quantitative estimate of drug-likeness (QED) is 0.0917. The van der Waals surface area contributed by atoms with E-state index in [1.165, 1.54) is 37.3 Å². The van der Waals surface area contributed by atoms with E-state index in [1.54, 1.807) is 29.6 Å². The summed E-state index contributed by atoms with van der Waals surface area (Å²) in [7, 11) is -5.18. The van der Waals surface area contributed by atoms with Crippen molar-refractivity contribution in [2.75, 3.05) is 13.7 Å². The highest BCUT2D eigenvalue weighted by Gasteiger charge is 2.50. The first kappa shape index (κ1) is 34.7. The molecule has 3 atom stereocenters. The van der Waals surface area contributed by atoms with Gasteiger partial charge in [-0.2, -0.15) is 10.2 Å². The van der Waals surface area contributed by atoms with Crippen molar-refractivity contribution in [3.8, 4) is 5.75 Å². The molecule has 0 radical (unpaired) electrons. The molecule has 0 bridgehead atoms. The number of hydrogen-bond acceptors (Lipinski definition) is 11. The van der Waals surface area contributed by atoms with E-state index in [9.17, 15) is 9.36 Å². The molecule has 2 aliphatic rings. The lowest BCUT2D eigenvalue weighted by Gasteiger charge is -2.53. The molecule has 258 valence electrons. The zero-order chi connectivity index (χ0) is 33.9. The third kappa shape index (κ3) is 7.82. The predicted molar refractivity (Wildman–Crippen MR) is 177 cm³/mol. The third-order valence-electron chi connectivity index (χ3n) is 9.26. The molecule has 14 nitrogen and oxygen atoms in total. The van der Waals surface area contributed by atoms with Gasteiger partial charge in [0.15, 0.2) is 5.49 Å². The summed E-state index contributed by atoms with van der Waals surface area (Å²) in [5.74, 6) is -0.163. The summed E-state index contributed by atoms with van der Waals surface area (Å²) < 4.78 is 45.6. The second-order valence-electron chi connectivity index (χ2n) is 12.5. The molecule has 2 unspecified atom stereocenters. The van der Waals surface area contributed by atoms with E-state index >= 15 is 0 Å². The fourth-order valence-electron chi connectivity index (χ4n) is 6.39. The van der Waals surface area contributed by atoms with Crippen LogP contribution in [0.5, 0.6) is 5.75 Å². The molecule has 6 rings (SSSR count). The summed E-state index contributed by atoms with van der Waals surface area (Å²) in [5.41, 5.74) is 1.74. The van der Waals surface area contributed by atoms with Gasteiger partial charge < -0.3 is 23.8 Å². The lowest BCUT2D eigenvalue weighted by molar-refractivity contribution is -0.169. The molecule has 4 aromatic rings. The Kier molecular flexibility index (Phi) is 10.6. The molecular weight excluding hydrogens is 660 g/mol. The number of benzene rings is 2. The minimum atomic E-state index is -4.15. The lowest BCUT2D eigenvalue weighted by Crippen LogP contribution is -2.49. The molecule has 2 heterocycles. The van der Waals surface area contributed by atoms with Gasteiger partial charge in [0, 0.05) is 18.2 Å². The Morgan fingerprint density at radius 3 is 2.67 bits per heavy atom. The van der Waals surface area contributed by atoms with Crippen molar-refractivity contribution >= 4 is 38.6 Å². The number of esters is 1. The van der Waals surface area contributed by atoms with Gasteiger partial charge in [0.25, 0.3) is 0 Å². The molecule has 1 spiro atoms. The van der Waals surface area contributed by atoms with Gasteiger partial charge in [-0.25, -0.2) is 9.08 Å². The summed E-state index contributed by atoms with van der Waals surface area (Å²) in [5, 5.41) is 17.3. The van der Waals surface area contributed by atoms with Crippen LogP contribution < -0.4 is 15.1 Å². The summed E-state index contributed by atoms with van der Waals surface area (Å²) in [4.78, 5) is 31.1. The molecule has 48 heavy (non-hydrogen) atoms. The number of methoxy groups -OCH3 is 1. The largest absolute Gasteiger partial charge is 0.461 e. The predicted octanol–water partition coefficient (Wildman–Crippen LogP) is 4.96. The number of carbonyl (C=O) groups excluding carboxylic acids is 1. The van der Waals surface area contributed by atoms with Gasteiger partial charge in [-0.15, -0.1) is 0 Å². The Morgan fingerprint density at radius 1 is 1.17 bits per heavy atom. The van der Waals surface area contributed by atoms with Crippen LogP contribution in [0, 0.1) is 10.8 Å². The van der Waals surface area contributed by atoms with E-state index in [4.69, 9.17) is 38.2 Å². The van der Waals surface area contributed by atoms with Crippen LogP contribution in [-0.4, -0.2) is 61.9 Å². The Balaban J connectivity index is 1.13. The van der Waals surface area contributed by atoms with E-state index < -0.39 is 34.5 Å². The van der Waals surface area contributed by atoms with Gasteiger partial charge in [-0.1, -0.05) is 42.8 Å². The Hall–Kier alpha value is -3.19. The molecule has 2 saturated carbocycles. The zero-order valence-electron chi connectivity index (χ0n) is 26.9. The van der Waals surface area contributed by atoms with E-state index in [2.05, 4.69) is 10.2 Å². The first-order chi connectivity index (χ1) is 23.1. The number of aromatic nitrogens is 3. The average Bonchev–Trinajstić information content (AvgIpc) is 3.45. The van der Waals surface area contributed by atoms with Crippen LogP contribution in [0.4, 0.5) is 0 Å². The standard InChI is InChI=1S/C32H41N5O9P2/c1-22(31(38)45-26-17-32(18-26)15-6-16-32)35-48(41,46-29-10-5-8-23-7-3-4-9-27(23)29)44-19-25(42-2)13-11-24-12-14-28-30(33)36(20-34-37(24)28)21-43-47(39)40/h3-5,7-10,12,14,20,22,25-26,33,39-40H,6,11,13,15-19,21H2,1-2H3,(H,35,41)/t22-,25?,48?/m0/s1. The maximum absolute atomic E-state index is 14.4. The van der Waals surface area contributed by atoms with Crippen molar-refractivity contribution in [2.24, 2.45) is 5.41 Å². The van der Waals surface area contributed by atoms with Crippen LogP contribution in [0.2, 0.25) is 0 Å². The van der Waals surface area contributed by atoms with E-state index in [0.717, 1.165) is 29.3 Å². The van der Waals surface area contributed by atoms with Crippen LogP contribution in [-0.2, 0) is 41.0 Å². The maximum Gasteiger partial charge on any atom is 0.459 e. The van der Waals surface area contributed by atoms with E-state index in [0.29, 0.717) is 29.5 Å². The average molecular weight is 702 g/mol. The normalized spacial score (nSPS) is 18.4. The van der Waals surface area contributed by atoms with Crippen molar-refractivity contribution in [1.29, 1.82) is 5.41 Å². The number of ether oxygens (including phenoxy) is 2. The third-order valence-corrected chi connectivity index (χ3v) is 11.2. The van der Waals surface area contributed by atoms with Gasteiger partial charge in [0.2, 0.25) is 0 Å². The molecule has 0 aliphatic heterocycles. The van der Waals surface area contributed by atoms with Crippen molar-refractivity contribution in [3.63, 3.8) is 0 Å². The van der Waals surface area contributed by atoms with Crippen molar-refractivity contribution in [2.45, 2.75) is 76.9 Å². The number of nitrogens with zero attached hydrogens (tertiary/aromatic N) is 3. The Labute approximate surface area is 279 Å². The summed E-state index contributed by atoms with van der Waals surface area (Å²) in [6, 6.07) is 15.6. The van der Waals surface area contributed by atoms with Gasteiger partial charge in [0.1, 0.15) is 36.5 Å². The zero-order valence-corrected chi connectivity index (χ0v) is 28.6. The highest BCUT2D eigenvalue weighted by molar-refractivity contribution is 7.52.